The van der Waals surface area contributed by atoms with Crippen LogP contribution >= 0.6 is 0 Å². The van der Waals surface area contributed by atoms with Crippen molar-refractivity contribution in [1.29, 1.82) is 0 Å². The van der Waals surface area contributed by atoms with Gasteiger partial charge in [0.25, 0.3) is 5.91 Å². The van der Waals surface area contributed by atoms with Gasteiger partial charge < -0.3 is 14.4 Å². The molecule has 1 fully saturated rings. The topological polar surface area (TPSA) is 147 Å². The lowest BCUT2D eigenvalue weighted by molar-refractivity contribution is -0.159. The molecule has 0 aromatic heterocycles. The fourth-order valence-corrected chi connectivity index (χ4v) is 6.75. The lowest BCUT2D eigenvalue weighted by Crippen LogP contribution is -2.49. The minimum atomic E-state index is -0.377. The van der Waals surface area contributed by atoms with Gasteiger partial charge in [0, 0.05) is 36.8 Å². The fourth-order valence-electron chi connectivity index (χ4n) is 6.75. The quantitative estimate of drug-likeness (QED) is 0.0447. The number of benzene rings is 3. The smallest absolute Gasteiger partial charge is 0.306 e. The van der Waals surface area contributed by atoms with Crippen LogP contribution in [0.4, 0.5) is 0 Å². The zero-order chi connectivity index (χ0) is 35.8. The molecule has 2 atom stereocenters. The molecule has 1 heterocycles. The Morgan fingerprint density at radius 2 is 1.71 bits per heavy atom. The second-order valence-corrected chi connectivity index (χ2v) is 13.1. The van der Waals surface area contributed by atoms with Gasteiger partial charge in [0.1, 0.15) is 11.9 Å². The molecule has 1 aliphatic carbocycles. The second-order valence-electron chi connectivity index (χ2n) is 13.1. The Bertz CT molecular complexity index is 1720. The first-order valence-corrected chi connectivity index (χ1v) is 18.1. The molecule has 1 aliphatic heterocycles. The highest BCUT2D eigenvalue weighted by molar-refractivity contribution is 6.08. The molecule has 270 valence electrons. The van der Waals surface area contributed by atoms with E-state index < -0.39 is 0 Å². The van der Waals surface area contributed by atoms with Crippen LogP contribution in [0.25, 0.3) is 10.8 Å². The maximum Gasteiger partial charge on any atom is 0.306 e. The van der Waals surface area contributed by atoms with Gasteiger partial charge in [-0.2, -0.15) is 5.10 Å². The summed E-state index contributed by atoms with van der Waals surface area (Å²) in [5, 5.41) is 14.4. The third-order valence-electron chi connectivity index (χ3n) is 9.37. The van der Waals surface area contributed by atoms with Crippen molar-refractivity contribution in [2.75, 3.05) is 6.61 Å². The van der Waals surface area contributed by atoms with Gasteiger partial charge in [0.05, 0.1) is 18.9 Å². The number of esters is 1. The molecule has 0 spiro atoms. The molecule has 11 heteroatoms. The summed E-state index contributed by atoms with van der Waals surface area (Å²) in [6, 6.07) is 18.7. The van der Waals surface area contributed by atoms with Crippen molar-refractivity contribution in [2.24, 2.45) is 5.10 Å². The van der Waals surface area contributed by atoms with E-state index in [1.165, 1.54) is 0 Å². The van der Waals surface area contributed by atoms with Crippen molar-refractivity contribution in [3.8, 4) is 5.75 Å². The monoisotopic (exact) mass is 696 g/mol. The third-order valence-corrected chi connectivity index (χ3v) is 9.37. The maximum atomic E-state index is 13.5. The summed E-state index contributed by atoms with van der Waals surface area (Å²) in [7, 11) is 0. The van der Waals surface area contributed by atoms with E-state index in [0.29, 0.717) is 63.0 Å². The van der Waals surface area contributed by atoms with Gasteiger partial charge in [-0.3, -0.25) is 24.4 Å². The summed E-state index contributed by atoms with van der Waals surface area (Å²) in [6.45, 7) is 0.891. The first kappa shape index (κ1) is 37.2. The molecule has 3 aromatic carbocycles. The van der Waals surface area contributed by atoms with Crippen LogP contribution < -0.4 is 15.6 Å². The lowest BCUT2D eigenvalue weighted by atomic mass is 9.90. The van der Waals surface area contributed by atoms with Crippen molar-refractivity contribution in [1.82, 2.24) is 15.8 Å². The predicted octanol–water partition coefficient (Wildman–Crippen LogP) is 6.75. The van der Waals surface area contributed by atoms with E-state index in [-0.39, 0.29) is 35.8 Å². The Labute approximate surface area is 299 Å². The Morgan fingerprint density at radius 1 is 0.922 bits per heavy atom. The van der Waals surface area contributed by atoms with E-state index in [2.05, 4.69) is 10.5 Å². The highest BCUT2D eigenvalue weighted by Crippen LogP contribution is 2.30. The van der Waals surface area contributed by atoms with E-state index in [1.54, 1.807) is 23.8 Å². The summed E-state index contributed by atoms with van der Waals surface area (Å²) in [5.41, 5.74) is 6.47. The van der Waals surface area contributed by atoms with E-state index in [1.807, 2.05) is 65.6 Å². The molecular weight excluding hydrogens is 648 g/mol. The van der Waals surface area contributed by atoms with Crippen molar-refractivity contribution in [3.63, 3.8) is 0 Å². The SMILES string of the molecule is O=C(CCCCCCOc1ccc(C(=O)N/N=C/c2cccc(CN3C(=O)CC/C=C/CCC(=O)O[C@@H]4CCCC[C@H]43)c2)c2ccccc12)NO. The van der Waals surface area contributed by atoms with Crippen LogP contribution in [0.3, 0.4) is 0 Å². The number of fused-ring (bicyclic) bond motifs is 2. The third kappa shape index (κ3) is 11.0. The van der Waals surface area contributed by atoms with Gasteiger partial charge >= 0.3 is 5.97 Å². The second kappa shape index (κ2) is 19.4. The number of hydrogen-bond donors (Lipinski definition) is 3. The van der Waals surface area contributed by atoms with E-state index in [9.17, 15) is 19.2 Å². The first-order chi connectivity index (χ1) is 24.9. The number of hydrogen-bond acceptors (Lipinski definition) is 8. The van der Waals surface area contributed by atoms with Crippen LogP contribution in [-0.4, -0.2) is 58.8 Å². The number of carbonyl (C=O) groups is 4. The van der Waals surface area contributed by atoms with Crippen LogP contribution in [0.5, 0.6) is 5.75 Å². The molecule has 51 heavy (non-hydrogen) atoms. The number of rotatable bonds is 13. The summed E-state index contributed by atoms with van der Waals surface area (Å²) in [4.78, 5) is 52.4. The summed E-state index contributed by atoms with van der Waals surface area (Å²) < 4.78 is 12.0. The van der Waals surface area contributed by atoms with Crippen molar-refractivity contribution in [2.45, 2.75) is 102 Å². The van der Waals surface area contributed by atoms with Gasteiger partial charge in [-0.15, -0.1) is 0 Å². The summed E-state index contributed by atoms with van der Waals surface area (Å²) in [5.74, 6) is -0.209. The van der Waals surface area contributed by atoms with Gasteiger partial charge in [0.15, 0.2) is 0 Å². The van der Waals surface area contributed by atoms with Crippen molar-refractivity contribution in [3.05, 3.63) is 89.5 Å². The number of nitrogens with one attached hydrogen (secondary N) is 2. The van der Waals surface area contributed by atoms with Crippen LogP contribution in [0.1, 0.15) is 105 Å². The van der Waals surface area contributed by atoms with Crippen LogP contribution in [0.2, 0.25) is 0 Å². The molecule has 3 N–H and O–H groups in total. The molecule has 1 saturated carbocycles. The zero-order valence-electron chi connectivity index (χ0n) is 29.1. The normalized spacial score (nSPS) is 19.0. The van der Waals surface area contributed by atoms with Crippen molar-refractivity contribution < 1.29 is 33.9 Å². The Morgan fingerprint density at radius 3 is 2.55 bits per heavy atom. The molecule has 5 rings (SSSR count). The molecule has 0 radical (unpaired) electrons. The van der Waals surface area contributed by atoms with E-state index in [4.69, 9.17) is 14.7 Å². The lowest BCUT2D eigenvalue weighted by Gasteiger charge is -2.39. The zero-order valence-corrected chi connectivity index (χ0v) is 29.1. The number of ether oxygens (including phenoxy) is 2. The number of amides is 3. The fraction of sp³-hybridized carbons (Fsp3) is 0.425. The number of carbonyl (C=O) groups excluding carboxylic acids is 4. The summed E-state index contributed by atoms with van der Waals surface area (Å²) in [6.07, 6.45) is 14.3. The number of unbranched alkanes of at least 4 members (excludes halogenated alkanes) is 3. The molecule has 3 aromatic rings. The first-order valence-electron chi connectivity index (χ1n) is 18.1. The van der Waals surface area contributed by atoms with Gasteiger partial charge in [0.2, 0.25) is 11.8 Å². The average Bonchev–Trinajstić information content (AvgIpc) is 3.14. The van der Waals surface area contributed by atoms with E-state index >= 15 is 0 Å². The summed E-state index contributed by atoms with van der Waals surface area (Å²) >= 11 is 0. The highest BCUT2D eigenvalue weighted by atomic mass is 16.5. The van der Waals surface area contributed by atoms with Crippen molar-refractivity contribution >= 4 is 40.7 Å². The number of nitrogens with zero attached hydrogens (tertiary/aromatic N) is 2. The predicted molar refractivity (Wildman–Crippen MR) is 194 cm³/mol. The Kier molecular flexibility index (Phi) is 14.2. The Balaban J connectivity index is 1.21. The molecule has 2 aliphatic rings. The molecule has 11 nitrogen and oxygen atoms in total. The molecular formula is C40H48N4O7. The maximum absolute atomic E-state index is 13.5. The minimum Gasteiger partial charge on any atom is -0.493 e. The molecule has 0 bridgehead atoms. The van der Waals surface area contributed by atoms with Crippen LogP contribution in [-0.2, 0) is 25.7 Å². The standard InChI is InChI=1S/C40H48N4O7/c45-37(43-49)20-5-3-4-12-25-50-35-24-23-33(31-16-8-9-17-32(31)35)40(48)42-41-27-29-14-13-15-30(26-29)28-44-34-18-10-11-19-36(34)51-39(47)22-7-2-1-6-21-38(44)46/h1-2,8-9,13-17,23-24,26-27,34,36,49H,3-7,10-12,18-22,25,28H2,(H,42,48)(H,43,45)/b2-1+,41-27+/t34-,36-/m1/s1. The average molecular weight is 697 g/mol. The molecule has 0 unspecified atom stereocenters. The van der Waals surface area contributed by atoms with Crippen LogP contribution in [0, 0.1) is 0 Å². The number of hydroxylamine groups is 1. The van der Waals surface area contributed by atoms with Gasteiger partial charge in [-0.05, 0) is 79.7 Å². The molecule has 3 amide bonds. The van der Waals surface area contributed by atoms with Gasteiger partial charge in [-0.1, -0.05) is 73.9 Å². The molecule has 0 saturated heterocycles. The highest BCUT2D eigenvalue weighted by Gasteiger charge is 2.35. The minimum absolute atomic E-state index is 0.0464. The van der Waals surface area contributed by atoms with E-state index in [0.717, 1.165) is 66.8 Å². The Hall–Kier alpha value is -5.03. The largest absolute Gasteiger partial charge is 0.493 e. The van der Waals surface area contributed by atoms with Crippen LogP contribution in [0.15, 0.2) is 77.9 Å². The van der Waals surface area contributed by atoms with Gasteiger partial charge in [-0.25, -0.2) is 10.9 Å². The number of hydrazone groups is 1. The number of allylic oxidation sites excluding steroid dienone is 2.